The summed E-state index contributed by atoms with van der Waals surface area (Å²) in [5.74, 6) is 1.08. The lowest BCUT2D eigenvalue weighted by atomic mass is 9.85. The van der Waals surface area contributed by atoms with Crippen molar-refractivity contribution in [3.8, 4) is 0 Å². The van der Waals surface area contributed by atoms with Crippen molar-refractivity contribution in [1.29, 1.82) is 0 Å². The van der Waals surface area contributed by atoms with Crippen LogP contribution in [-0.4, -0.2) is 31.2 Å². The van der Waals surface area contributed by atoms with Crippen molar-refractivity contribution in [1.82, 2.24) is 0 Å². The summed E-state index contributed by atoms with van der Waals surface area (Å²) < 4.78 is 35.4. The lowest BCUT2D eigenvalue weighted by molar-refractivity contribution is -0.121. The van der Waals surface area contributed by atoms with Gasteiger partial charge in [-0.25, -0.2) is 0 Å². The van der Waals surface area contributed by atoms with Crippen LogP contribution in [0.2, 0.25) is 0 Å². The highest BCUT2D eigenvalue weighted by Gasteiger charge is 2.22. The number of Topliss-reactive ketones (excluding diaryl/α,β-unsaturated/α-hetero) is 1. The average molecular weight is 316 g/mol. The van der Waals surface area contributed by atoms with E-state index < -0.39 is 6.08 Å². The van der Waals surface area contributed by atoms with E-state index in [2.05, 4.69) is 0 Å². The monoisotopic (exact) mass is 316 g/mol. The van der Waals surface area contributed by atoms with Gasteiger partial charge in [0.05, 0.1) is 18.8 Å². The zero-order chi connectivity index (χ0) is 15.8. The molecule has 2 fully saturated rings. The van der Waals surface area contributed by atoms with Crippen molar-refractivity contribution in [2.24, 2.45) is 5.92 Å². The molecular formula is C17H26F2O3. The van der Waals surface area contributed by atoms with Gasteiger partial charge in [0.2, 0.25) is 0 Å². The number of hydrogen-bond acceptors (Lipinski definition) is 3. The van der Waals surface area contributed by atoms with Crippen LogP contribution in [0.5, 0.6) is 0 Å². The quantitative estimate of drug-likeness (QED) is 0.658. The minimum atomic E-state index is -1.63. The topological polar surface area (TPSA) is 35.5 Å². The third-order valence-corrected chi connectivity index (χ3v) is 4.64. The molecule has 0 amide bonds. The Morgan fingerprint density at radius 1 is 1.23 bits per heavy atom. The summed E-state index contributed by atoms with van der Waals surface area (Å²) in [5.41, 5.74) is 0. The first-order valence-electron chi connectivity index (χ1n) is 8.39. The van der Waals surface area contributed by atoms with Crippen LogP contribution in [0.3, 0.4) is 0 Å². The average Bonchev–Trinajstić information content (AvgIpc) is 2.52. The number of ketones is 1. The molecule has 1 saturated heterocycles. The molecule has 1 aliphatic heterocycles. The Bertz CT molecular complexity index is 362. The molecule has 5 heteroatoms. The zero-order valence-electron chi connectivity index (χ0n) is 13.1. The molecule has 126 valence electrons. The SMILES string of the molecule is O=C1CCC(CCCOC2CCC(CC=C(F)F)OC2)CC1. The third-order valence-electron chi connectivity index (χ3n) is 4.64. The molecule has 22 heavy (non-hydrogen) atoms. The standard InChI is InChI=1S/C17H26F2O3/c18-17(19)10-9-15-7-8-16(12-22-15)21-11-1-2-13-3-5-14(20)6-4-13/h10,13,15-16H,1-9,11-12H2. The Morgan fingerprint density at radius 3 is 2.64 bits per heavy atom. The van der Waals surface area contributed by atoms with Crippen LogP contribution in [0.15, 0.2) is 12.2 Å². The van der Waals surface area contributed by atoms with Gasteiger partial charge in [0.1, 0.15) is 5.78 Å². The van der Waals surface area contributed by atoms with Gasteiger partial charge in [-0.05, 0) is 56.9 Å². The fourth-order valence-corrected chi connectivity index (χ4v) is 3.23. The minimum Gasteiger partial charge on any atom is -0.376 e. The number of hydrogen-bond donors (Lipinski definition) is 0. The Morgan fingerprint density at radius 2 is 2.00 bits per heavy atom. The Labute approximate surface area is 131 Å². The van der Waals surface area contributed by atoms with Gasteiger partial charge < -0.3 is 9.47 Å². The number of rotatable bonds is 7. The van der Waals surface area contributed by atoms with Crippen molar-refractivity contribution in [2.75, 3.05) is 13.2 Å². The molecule has 1 saturated carbocycles. The largest absolute Gasteiger partial charge is 0.376 e. The predicted octanol–water partition coefficient (Wildman–Crippen LogP) is 4.26. The van der Waals surface area contributed by atoms with E-state index in [9.17, 15) is 13.6 Å². The van der Waals surface area contributed by atoms with E-state index in [1.807, 2.05) is 0 Å². The first-order valence-corrected chi connectivity index (χ1v) is 8.39. The molecule has 2 rings (SSSR count). The lowest BCUT2D eigenvalue weighted by Crippen LogP contribution is -2.31. The van der Waals surface area contributed by atoms with E-state index in [0.29, 0.717) is 18.3 Å². The van der Waals surface area contributed by atoms with E-state index in [1.165, 1.54) is 0 Å². The summed E-state index contributed by atoms with van der Waals surface area (Å²) in [4.78, 5) is 11.2. The molecule has 0 bridgehead atoms. The fourth-order valence-electron chi connectivity index (χ4n) is 3.23. The van der Waals surface area contributed by atoms with Gasteiger partial charge in [-0.2, -0.15) is 8.78 Å². The van der Waals surface area contributed by atoms with Crippen LogP contribution in [0.1, 0.15) is 57.8 Å². The van der Waals surface area contributed by atoms with E-state index >= 15 is 0 Å². The predicted molar refractivity (Wildman–Crippen MR) is 79.8 cm³/mol. The molecule has 0 spiro atoms. The molecule has 0 radical (unpaired) electrons. The fraction of sp³-hybridized carbons (Fsp3) is 0.824. The molecule has 2 aliphatic rings. The summed E-state index contributed by atoms with van der Waals surface area (Å²) in [6, 6.07) is 0. The van der Waals surface area contributed by atoms with Crippen LogP contribution < -0.4 is 0 Å². The zero-order valence-corrected chi connectivity index (χ0v) is 13.1. The van der Waals surface area contributed by atoms with Crippen molar-refractivity contribution < 1.29 is 23.0 Å². The summed E-state index contributed by atoms with van der Waals surface area (Å²) in [6.07, 6.45) is 6.96. The first-order chi connectivity index (χ1) is 10.6. The first kappa shape index (κ1) is 17.5. The molecule has 0 aromatic rings. The molecule has 0 aromatic carbocycles. The van der Waals surface area contributed by atoms with Crippen molar-refractivity contribution in [3.05, 3.63) is 12.2 Å². The van der Waals surface area contributed by atoms with Crippen molar-refractivity contribution in [3.63, 3.8) is 0 Å². The van der Waals surface area contributed by atoms with Crippen LogP contribution >= 0.6 is 0 Å². The third kappa shape index (κ3) is 6.53. The minimum absolute atomic E-state index is 0.0962. The van der Waals surface area contributed by atoms with Crippen LogP contribution in [0.4, 0.5) is 8.78 Å². The van der Waals surface area contributed by atoms with E-state index in [1.54, 1.807) is 0 Å². The summed E-state index contributed by atoms with van der Waals surface area (Å²) in [6.45, 7) is 1.23. The Balaban J connectivity index is 1.50. The molecule has 2 unspecified atom stereocenters. The molecule has 0 aromatic heterocycles. The van der Waals surface area contributed by atoms with Gasteiger partial charge in [0.25, 0.3) is 6.08 Å². The van der Waals surface area contributed by atoms with Gasteiger partial charge in [0, 0.05) is 19.4 Å². The number of halogens is 2. The summed E-state index contributed by atoms with van der Waals surface area (Å²) >= 11 is 0. The molecular weight excluding hydrogens is 290 g/mol. The highest BCUT2D eigenvalue weighted by molar-refractivity contribution is 5.78. The number of ether oxygens (including phenoxy) is 2. The van der Waals surface area contributed by atoms with Gasteiger partial charge in [-0.1, -0.05) is 0 Å². The molecule has 3 nitrogen and oxygen atoms in total. The van der Waals surface area contributed by atoms with E-state index in [0.717, 1.165) is 64.0 Å². The van der Waals surface area contributed by atoms with E-state index in [-0.39, 0.29) is 18.6 Å². The summed E-state index contributed by atoms with van der Waals surface area (Å²) in [7, 11) is 0. The van der Waals surface area contributed by atoms with Gasteiger partial charge in [0.15, 0.2) is 0 Å². The second-order valence-electron chi connectivity index (χ2n) is 6.38. The number of carbonyl (C=O) groups is 1. The molecule has 2 atom stereocenters. The Hall–Kier alpha value is -0.810. The number of carbonyl (C=O) groups excluding carboxylic acids is 1. The highest BCUT2D eigenvalue weighted by atomic mass is 19.3. The smallest absolute Gasteiger partial charge is 0.266 e. The maximum absolute atomic E-state index is 12.0. The van der Waals surface area contributed by atoms with Crippen LogP contribution in [0, 0.1) is 5.92 Å². The van der Waals surface area contributed by atoms with Gasteiger partial charge in [-0.15, -0.1) is 0 Å². The van der Waals surface area contributed by atoms with Crippen LogP contribution in [0.25, 0.3) is 0 Å². The van der Waals surface area contributed by atoms with Gasteiger partial charge in [-0.3, -0.25) is 4.79 Å². The lowest BCUT2D eigenvalue weighted by Gasteiger charge is -2.28. The normalized spacial score (nSPS) is 26.9. The second-order valence-corrected chi connectivity index (χ2v) is 6.38. The summed E-state index contributed by atoms with van der Waals surface area (Å²) in [5, 5.41) is 0. The van der Waals surface area contributed by atoms with E-state index in [4.69, 9.17) is 9.47 Å². The van der Waals surface area contributed by atoms with Crippen molar-refractivity contribution in [2.45, 2.75) is 70.0 Å². The van der Waals surface area contributed by atoms with Gasteiger partial charge >= 0.3 is 0 Å². The van der Waals surface area contributed by atoms with Crippen LogP contribution in [-0.2, 0) is 14.3 Å². The van der Waals surface area contributed by atoms with Crippen molar-refractivity contribution >= 4 is 5.78 Å². The second kappa shape index (κ2) is 9.36. The highest BCUT2D eigenvalue weighted by Crippen LogP contribution is 2.26. The molecule has 1 heterocycles. The Kier molecular flexibility index (Phi) is 7.46. The molecule has 0 N–H and O–H groups in total. The maximum Gasteiger partial charge on any atom is 0.266 e. The maximum atomic E-state index is 12.0. The molecule has 1 aliphatic carbocycles.